The molecule has 0 aromatic heterocycles. The first kappa shape index (κ1) is 20.2. The van der Waals surface area contributed by atoms with Gasteiger partial charge in [0, 0.05) is 44.3 Å². The largest absolute Gasteiger partial charge is 0.342 e. The molecule has 0 spiro atoms. The van der Waals surface area contributed by atoms with Crippen molar-refractivity contribution < 1.29 is 9.59 Å². The molecule has 0 atom stereocenters. The smallest absolute Gasteiger partial charge is 0.236 e. The van der Waals surface area contributed by atoms with Crippen molar-refractivity contribution in [1.29, 1.82) is 0 Å². The number of piperazine rings is 1. The molecule has 1 aliphatic carbocycles. The summed E-state index contributed by atoms with van der Waals surface area (Å²) in [6.45, 7) is 8.87. The minimum atomic E-state index is -0.371. The minimum Gasteiger partial charge on any atom is -0.342 e. The monoisotopic (exact) mass is 391 g/mol. The highest BCUT2D eigenvalue weighted by Gasteiger charge is 2.47. The number of likely N-dealkylation sites (N-methyl/N-ethyl adjacent to an activating group) is 1. The first-order chi connectivity index (χ1) is 13.0. The third kappa shape index (κ3) is 4.14. The van der Waals surface area contributed by atoms with Gasteiger partial charge in [-0.1, -0.05) is 30.2 Å². The number of benzene rings is 1. The third-order valence-electron chi connectivity index (χ3n) is 6.15. The predicted octanol–water partition coefficient (Wildman–Crippen LogP) is 2.77. The second-order valence-corrected chi connectivity index (χ2v) is 8.01. The van der Waals surface area contributed by atoms with Crippen LogP contribution in [-0.2, 0) is 15.0 Å². The Balaban J connectivity index is 1.59. The van der Waals surface area contributed by atoms with Crippen LogP contribution >= 0.6 is 11.6 Å². The number of carbonyl (C=O) groups is 2. The van der Waals surface area contributed by atoms with E-state index in [9.17, 15) is 9.59 Å². The molecule has 1 heterocycles. The number of nitrogens with zero attached hydrogens (tertiary/aromatic N) is 3. The van der Waals surface area contributed by atoms with Crippen LogP contribution in [0.2, 0.25) is 5.02 Å². The van der Waals surface area contributed by atoms with E-state index in [-0.39, 0.29) is 17.2 Å². The zero-order chi connectivity index (χ0) is 19.4. The van der Waals surface area contributed by atoms with Gasteiger partial charge in [0.1, 0.15) is 0 Å². The summed E-state index contributed by atoms with van der Waals surface area (Å²) in [5.74, 6) is 0.419. The summed E-state index contributed by atoms with van der Waals surface area (Å²) in [5, 5.41) is 0.701. The van der Waals surface area contributed by atoms with Gasteiger partial charge in [-0.15, -0.1) is 0 Å². The predicted molar refractivity (Wildman–Crippen MR) is 108 cm³/mol. The fourth-order valence-electron chi connectivity index (χ4n) is 4.20. The summed E-state index contributed by atoms with van der Waals surface area (Å²) in [6, 6.07) is 7.75. The van der Waals surface area contributed by atoms with Gasteiger partial charge in [0.15, 0.2) is 0 Å². The van der Waals surface area contributed by atoms with Gasteiger partial charge in [-0.3, -0.25) is 14.5 Å². The maximum absolute atomic E-state index is 13.3. The first-order valence-corrected chi connectivity index (χ1v) is 10.4. The van der Waals surface area contributed by atoms with Crippen molar-refractivity contribution in [2.75, 3.05) is 45.8 Å². The minimum absolute atomic E-state index is 0.177. The first-order valence-electron chi connectivity index (χ1n) is 10.1. The Kier molecular flexibility index (Phi) is 6.43. The van der Waals surface area contributed by atoms with E-state index in [1.807, 2.05) is 47.9 Å². The van der Waals surface area contributed by atoms with Crippen molar-refractivity contribution in [2.45, 2.75) is 38.5 Å². The lowest BCUT2D eigenvalue weighted by Crippen LogP contribution is -2.57. The third-order valence-corrected chi connectivity index (χ3v) is 6.40. The quantitative estimate of drug-likeness (QED) is 0.749. The molecule has 6 heteroatoms. The van der Waals surface area contributed by atoms with E-state index in [2.05, 4.69) is 4.90 Å². The van der Waals surface area contributed by atoms with Crippen molar-refractivity contribution >= 4 is 23.4 Å². The highest BCUT2D eigenvalue weighted by molar-refractivity contribution is 6.30. The van der Waals surface area contributed by atoms with Crippen LogP contribution in [0.3, 0.4) is 0 Å². The van der Waals surface area contributed by atoms with Crippen molar-refractivity contribution in [3.8, 4) is 0 Å². The number of rotatable bonds is 6. The normalized spacial score (nSPS) is 19.4. The van der Waals surface area contributed by atoms with Crippen molar-refractivity contribution in [1.82, 2.24) is 14.7 Å². The highest BCUT2D eigenvalue weighted by atomic mass is 35.5. The van der Waals surface area contributed by atoms with Crippen LogP contribution in [0, 0.1) is 0 Å². The summed E-state index contributed by atoms with van der Waals surface area (Å²) >= 11 is 6.02. The summed E-state index contributed by atoms with van der Waals surface area (Å²) in [4.78, 5) is 31.6. The Hall–Kier alpha value is -1.59. The van der Waals surface area contributed by atoms with Gasteiger partial charge in [0.05, 0.1) is 12.0 Å². The summed E-state index contributed by atoms with van der Waals surface area (Å²) in [7, 11) is 0. The molecule has 2 aliphatic rings. The van der Waals surface area contributed by atoms with Crippen molar-refractivity contribution in [3.63, 3.8) is 0 Å². The molecule has 0 unspecified atom stereocenters. The Labute approximate surface area is 167 Å². The Morgan fingerprint density at radius 1 is 1.04 bits per heavy atom. The Bertz CT molecular complexity index is 661. The molecule has 0 N–H and O–H groups in total. The molecule has 1 aromatic rings. The van der Waals surface area contributed by atoms with Gasteiger partial charge in [0.2, 0.25) is 11.8 Å². The maximum Gasteiger partial charge on any atom is 0.236 e. The lowest BCUT2D eigenvalue weighted by molar-refractivity contribution is -0.143. The lowest BCUT2D eigenvalue weighted by atomic mass is 9.63. The van der Waals surface area contributed by atoms with Crippen LogP contribution in [-0.4, -0.2) is 72.3 Å². The molecule has 0 bridgehead atoms. The van der Waals surface area contributed by atoms with Crippen LogP contribution in [0.25, 0.3) is 0 Å². The standard InChI is InChI=1S/C21H30ClN3O2/c1-3-24(4-2)19(26)16-23-12-14-25(15-13-23)20(27)21(10-5-11-21)17-6-8-18(22)9-7-17/h6-9H,3-5,10-16H2,1-2H3. The zero-order valence-electron chi connectivity index (χ0n) is 16.4. The number of carbonyl (C=O) groups excluding carboxylic acids is 2. The van der Waals surface area contributed by atoms with E-state index in [1.54, 1.807) is 0 Å². The van der Waals surface area contributed by atoms with Gasteiger partial charge in [-0.25, -0.2) is 0 Å². The van der Waals surface area contributed by atoms with E-state index in [1.165, 1.54) is 0 Å². The number of hydrogen-bond donors (Lipinski definition) is 0. The van der Waals surface area contributed by atoms with Gasteiger partial charge in [0.25, 0.3) is 0 Å². The molecule has 27 heavy (non-hydrogen) atoms. The molecule has 5 nitrogen and oxygen atoms in total. The maximum atomic E-state index is 13.3. The lowest BCUT2D eigenvalue weighted by Gasteiger charge is -2.46. The van der Waals surface area contributed by atoms with Crippen LogP contribution in [0.4, 0.5) is 0 Å². The second-order valence-electron chi connectivity index (χ2n) is 7.58. The Morgan fingerprint density at radius 2 is 1.63 bits per heavy atom. The fourth-order valence-corrected chi connectivity index (χ4v) is 4.33. The molecule has 0 radical (unpaired) electrons. The van der Waals surface area contributed by atoms with Crippen molar-refractivity contribution in [2.24, 2.45) is 0 Å². The SMILES string of the molecule is CCN(CC)C(=O)CN1CCN(C(=O)C2(c3ccc(Cl)cc3)CCC2)CC1. The van der Waals surface area contributed by atoms with Crippen LogP contribution < -0.4 is 0 Å². The van der Waals surface area contributed by atoms with E-state index in [0.717, 1.165) is 51.0 Å². The number of hydrogen-bond acceptors (Lipinski definition) is 3. The van der Waals surface area contributed by atoms with Gasteiger partial charge in [-0.05, 0) is 44.4 Å². The molecule has 2 amide bonds. The van der Waals surface area contributed by atoms with E-state index >= 15 is 0 Å². The number of amides is 2. The average Bonchev–Trinajstić information content (AvgIpc) is 2.64. The molecular formula is C21H30ClN3O2. The highest BCUT2D eigenvalue weighted by Crippen LogP contribution is 2.45. The molecule has 3 rings (SSSR count). The molecule has 1 saturated heterocycles. The van der Waals surface area contributed by atoms with E-state index < -0.39 is 0 Å². The topological polar surface area (TPSA) is 43.9 Å². The van der Waals surface area contributed by atoms with Crippen LogP contribution in [0.1, 0.15) is 38.7 Å². The molecule has 2 fully saturated rings. The van der Waals surface area contributed by atoms with E-state index in [4.69, 9.17) is 11.6 Å². The fraction of sp³-hybridized carbons (Fsp3) is 0.619. The molecule has 1 aliphatic heterocycles. The molecule has 1 aromatic carbocycles. The van der Waals surface area contributed by atoms with Gasteiger partial charge in [-0.2, -0.15) is 0 Å². The summed E-state index contributed by atoms with van der Waals surface area (Å²) in [5.41, 5.74) is 0.714. The summed E-state index contributed by atoms with van der Waals surface area (Å²) < 4.78 is 0. The van der Waals surface area contributed by atoms with Crippen molar-refractivity contribution in [3.05, 3.63) is 34.9 Å². The molecular weight excluding hydrogens is 362 g/mol. The van der Waals surface area contributed by atoms with E-state index in [0.29, 0.717) is 24.7 Å². The summed E-state index contributed by atoms with van der Waals surface area (Å²) in [6.07, 6.45) is 2.91. The van der Waals surface area contributed by atoms with Crippen LogP contribution in [0.5, 0.6) is 0 Å². The van der Waals surface area contributed by atoms with Crippen LogP contribution in [0.15, 0.2) is 24.3 Å². The second kappa shape index (κ2) is 8.61. The molecule has 148 valence electrons. The van der Waals surface area contributed by atoms with Gasteiger partial charge >= 0.3 is 0 Å². The zero-order valence-corrected chi connectivity index (χ0v) is 17.2. The Morgan fingerprint density at radius 3 is 2.11 bits per heavy atom. The number of halogens is 1. The molecule has 1 saturated carbocycles. The van der Waals surface area contributed by atoms with Gasteiger partial charge < -0.3 is 9.80 Å². The average molecular weight is 392 g/mol.